The molecule has 0 unspecified atom stereocenters. The summed E-state index contributed by atoms with van der Waals surface area (Å²) >= 11 is 12.1. The summed E-state index contributed by atoms with van der Waals surface area (Å²) in [6.07, 6.45) is 0.439. The van der Waals surface area contributed by atoms with E-state index in [1.165, 1.54) is 5.69 Å². The van der Waals surface area contributed by atoms with Crippen LogP contribution < -0.4 is 10.2 Å². The van der Waals surface area contributed by atoms with Gasteiger partial charge in [-0.15, -0.1) is 0 Å². The largest absolute Gasteiger partial charge is 0.369 e. The average Bonchev–Trinajstić information content (AvgIpc) is 2.65. The molecule has 2 aromatic rings. The first-order chi connectivity index (χ1) is 12.1. The lowest BCUT2D eigenvalue weighted by Crippen LogP contribution is -2.47. The second-order valence-corrected chi connectivity index (χ2v) is 6.85. The zero-order chi connectivity index (χ0) is 17.6. The van der Waals surface area contributed by atoms with Crippen molar-refractivity contribution in [2.24, 2.45) is 0 Å². The molecule has 25 heavy (non-hydrogen) atoms. The molecule has 0 bridgehead atoms. The van der Waals surface area contributed by atoms with Crippen LogP contribution in [-0.2, 0) is 4.79 Å². The van der Waals surface area contributed by atoms with Gasteiger partial charge in [0.1, 0.15) is 0 Å². The Hall–Kier alpha value is -1.75. The normalized spacial score (nSPS) is 15.2. The molecule has 1 aliphatic rings. The zero-order valence-electron chi connectivity index (χ0n) is 13.9. The number of piperazine rings is 1. The molecular weight excluding hydrogens is 357 g/mol. The molecular formula is C19H21Cl2N3O. The van der Waals surface area contributed by atoms with Crippen molar-refractivity contribution in [1.29, 1.82) is 0 Å². The molecule has 0 spiro atoms. The number of nitrogens with zero attached hydrogens (tertiary/aromatic N) is 2. The third kappa shape index (κ3) is 4.88. The Kier molecular flexibility index (Phi) is 6.19. The lowest BCUT2D eigenvalue weighted by Gasteiger charge is -2.36. The Bertz CT molecular complexity index is 716. The molecule has 1 aliphatic heterocycles. The van der Waals surface area contributed by atoms with E-state index in [0.29, 0.717) is 22.2 Å². The molecule has 0 saturated carbocycles. The molecule has 2 aromatic carbocycles. The third-order valence-electron chi connectivity index (χ3n) is 4.37. The molecule has 0 radical (unpaired) electrons. The van der Waals surface area contributed by atoms with Gasteiger partial charge in [0.2, 0.25) is 5.91 Å². The fourth-order valence-electron chi connectivity index (χ4n) is 2.94. The fourth-order valence-corrected chi connectivity index (χ4v) is 3.29. The van der Waals surface area contributed by atoms with Crippen molar-refractivity contribution in [3.05, 3.63) is 58.6 Å². The van der Waals surface area contributed by atoms with Crippen LogP contribution >= 0.6 is 23.2 Å². The lowest BCUT2D eigenvalue weighted by atomic mass is 10.2. The van der Waals surface area contributed by atoms with E-state index in [1.807, 2.05) is 6.07 Å². The van der Waals surface area contributed by atoms with Crippen LogP contribution in [0.25, 0.3) is 0 Å². The van der Waals surface area contributed by atoms with Crippen LogP contribution in [0.4, 0.5) is 11.4 Å². The number of para-hydroxylation sites is 1. The van der Waals surface area contributed by atoms with E-state index in [4.69, 9.17) is 23.2 Å². The molecule has 1 heterocycles. The molecule has 1 saturated heterocycles. The zero-order valence-corrected chi connectivity index (χ0v) is 15.4. The van der Waals surface area contributed by atoms with Crippen molar-refractivity contribution in [2.75, 3.05) is 42.9 Å². The summed E-state index contributed by atoms with van der Waals surface area (Å²) in [7, 11) is 0. The van der Waals surface area contributed by atoms with Crippen LogP contribution in [0.2, 0.25) is 10.0 Å². The average molecular weight is 378 g/mol. The number of anilines is 2. The van der Waals surface area contributed by atoms with Gasteiger partial charge in [-0.25, -0.2) is 0 Å². The van der Waals surface area contributed by atoms with Crippen LogP contribution in [0.5, 0.6) is 0 Å². The maximum absolute atomic E-state index is 12.2. The Balaban J connectivity index is 1.44. The number of carbonyl (C=O) groups is 1. The molecule has 132 valence electrons. The minimum absolute atomic E-state index is 0.0466. The highest BCUT2D eigenvalue weighted by Gasteiger charge is 2.18. The van der Waals surface area contributed by atoms with Gasteiger partial charge in [-0.3, -0.25) is 9.69 Å². The van der Waals surface area contributed by atoms with Gasteiger partial charge < -0.3 is 10.2 Å². The molecule has 0 aromatic heterocycles. The van der Waals surface area contributed by atoms with E-state index < -0.39 is 0 Å². The molecule has 1 N–H and O–H groups in total. The van der Waals surface area contributed by atoms with Gasteiger partial charge in [-0.2, -0.15) is 0 Å². The Morgan fingerprint density at radius 3 is 2.40 bits per heavy atom. The van der Waals surface area contributed by atoms with Gasteiger partial charge in [0.25, 0.3) is 0 Å². The highest BCUT2D eigenvalue weighted by atomic mass is 35.5. The number of halogens is 2. The Morgan fingerprint density at radius 1 is 0.960 bits per heavy atom. The smallest absolute Gasteiger partial charge is 0.225 e. The molecule has 3 rings (SSSR count). The monoisotopic (exact) mass is 377 g/mol. The number of carbonyl (C=O) groups excluding carboxylic acids is 1. The number of nitrogens with one attached hydrogen (secondary N) is 1. The summed E-state index contributed by atoms with van der Waals surface area (Å²) in [5.41, 5.74) is 1.82. The van der Waals surface area contributed by atoms with Crippen molar-refractivity contribution >= 4 is 40.5 Å². The first-order valence-corrected chi connectivity index (χ1v) is 9.15. The van der Waals surface area contributed by atoms with E-state index in [2.05, 4.69) is 39.4 Å². The van der Waals surface area contributed by atoms with E-state index in [9.17, 15) is 4.79 Å². The highest BCUT2D eigenvalue weighted by Crippen LogP contribution is 2.29. The van der Waals surface area contributed by atoms with Gasteiger partial charge in [0.15, 0.2) is 0 Å². The molecule has 1 amide bonds. The lowest BCUT2D eigenvalue weighted by molar-refractivity contribution is -0.116. The third-order valence-corrected chi connectivity index (χ3v) is 5.19. The summed E-state index contributed by atoms with van der Waals surface area (Å²) in [4.78, 5) is 16.8. The van der Waals surface area contributed by atoms with E-state index in [1.54, 1.807) is 18.2 Å². The number of amides is 1. The molecule has 4 nitrogen and oxygen atoms in total. The Morgan fingerprint density at radius 2 is 1.68 bits per heavy atom. The van der Waals surface area contributed by atoms with E-state index in [0.717, 1.165) is 32.7 Å². The maximum Gasteiger partial charge on any atom is 0.225 e. The highest BCUT2D eigenvalue weighted by molar-refractivity contribution is 6.43. The van der Waals surface area contributed by atoms with Crippen LogP contribution in [0, 0.1) is 0 Å². The van der Waals surface area contributed by atoms with E-state index in [-0.39, 0.29) is 5.91 Å². The second kappa shape index (κ2) is 8.56. The number of hydrogen-bond acceptors (Lipinski definition) is 3. The molecule has 0 atom stereocenters. The first-order valence-electron chi connectivity index (χ1n) is 8.40. The Labute approximate surface area is 158 Å². The fraction of sp³-hybridized carbons (Fsp3) is 0.316. The van der Waals surface area contributed by atoms with E-state index >= 15 is 0 Å². The first kappa shape index (κ1) is 18.1. The second-order valence-electron chi connectivity index (χ2n) is 6.06. The van der Waals surface area contributed by atoms with Crippen LogP contribution in [0.15, 0.2) is 48.5 Å². The summed E-state index contributed by atoms with van der Waals surface area (Å²) < 4.78 is 0. The number of hydrogen-bond donors (Lipinski definition) is 1. The van der Waals surface area contributed by atoms with Crippen molar-refractivity contribution in [3.8, 4) is 0 Å². The predicted octanol–water partition coefficient (Wildman–Crippen LogP) is 4.14. The van der Waals surface area contributed by atoms with Crippen LogP contribution in [0.3, 0.4) is 0 Å². The topological polar surface area (TPSA) is 35.6 Å². The summed E-state index contributed by atoms with van der Waals surface area (Å²) in [5, 5.41) is 3.66. The van der Waals surface area contributed by atoms with Gasteiger partial charge in [0, 0.05) is 44.8 Å². The SMILES string of the molecule is O=C(CCN1CCN(c2ccccc2)CC1)Nc1cccc(Cl)c1Cl. The number of benzene rings is 2. The quantitative estimate of drug-likeness (QED) is 0.849. The molecule has 0 aliphatic carbocycles. The summed E-state index contributed by atoms with van der Waals surface area (Å²) in [6, 6.07) is 15.7. The van der Waals surface area contributed by atoms with Gasteiger partial charge in [0.05, 0.1) is 15.7 Å². The molecule has 1 fully saturated rings. The van der Waals surface area contributed by atoms with Crippen molar-refractivity contribution < 1.29 is 4.79 Å². The number of rotatable bonds is 5. The van der Waals surface area contributed by atoms with Gasteiger partial charge >= 0.3 is 0 Å². The standard InChI is InChI=1S/C19H21Cl2N3O/c20-16-7-4-8-17(19(16)21)22-18(25)9-10-23-11-13-24(14-12-23)15-5-2-1-3-6-15/h1-8H,9-14H2,(H,22,25). The van der Waals surface area contributed by atoms with Crippen molar-refractivity contribution in [1.82, 2.24) is 4.90 Å². The van der Waals surface area contributed by atoms with Gasteiger partial charge in [-0.1, -0.05) is 47.5 Å². The minimum Gasteiger partial charge on any atom is -0.369 e. The van der Waals surface area contributed by atoms with Gasteiger partial charge in [-0.05, 0) is 24.3 Å². The van der Waals surface area contributed by atoms with Crippen LogP contribution in [0.1, 0.15) is 6.42 Å². The molecule has 6 heteroatoms. The maximum atomic E-state index is 12.2. The van der Waals surface area contributed by atoms with Crippen molar-refractivity contribution in [3.63, 3.8) is 0 Å². The predicted molar refractivity (Wildman–Crippen MR) is 105 cm³/mol. The minimum atomic E-state index is -0.0466. The van der Waals surface area contributed by atoms with Crippen LogP contribution in [-0.4, -0.2) is 43.5 Å². The van der Waals surface area contributed by atoms with Crippen molar-refractivity contribution in [2.45, 2.75) is 6.42 Å². The summed E-state index contributed by atoms with van der Waals surface area (Å²) in [6.45, 7) is 4.62. The summed E-state index contributed by atoms with van der Waals surface area (Å²) in [5.74, 6) is -0.0466.